The van der Waals surface area contributed by atoms with Gasteiger partial charge in [0.25, 0.3) is 0 Å². The van der Waals surface area contributed by atoms with Crippen LogP contribution in [-0.2, 0) is 31.7 Å². The van der Waals surface area contributed by atoms with E-state index in [0.29, 0.717) is 22.1 Å². The van der Waals surface area contributed by atoms with Gasteiger partial charge in [-0.25, -0.2) is 0 Å². The number of carbonyl (C=O) groups excluding carboxylic acids is 2. The molecule has 0 spiro atoms. The Morgan fingerprint density at radius 3 is 1.36 bits per heavy atom. The quantitative estimate of drug-likeness (QED) is 0.369. The van der Waals surface area contributed by atoms with Crippen molar-refractivity contribution in [3.05, 3.63) is 59.7 Å². The van der Waals surface area contributed by atoms with Gasteiger partial charge in [-0.15, -0.1) is 0 Å². The summed E-state index contributed by atoms with van der Waals surface area (Å²) in [5.41, 5.74) is 13.9. The molecule has 0 saturated heterocycles. The number of nitrogens with two attached hydrogens (primary N) is 2. The largest absolute Gasteiger partial charge is 0.561 e. The van der Waals surface area contributed by atoms with Gasteiger partial charge in [0.1, 0.15) is 12.1 Å². The summed E-state index contributed by atoms with van der Waals surface area (Å²) in [4.78, 5) is 24.3. The lowest BCUT2D eigenvalue weighted by Crippen LogP contribution is -2.44. The summed E-state index contributed by atoms with van der Waals surface area (Å²) in [6, 6.07) is 10.9. The van der Waals surface area contributed by atoms with E-state index in [1.807, 2.05) is 0 Å². The van der Waals surface area contributed by atoms with Crippen LogP contribution < -0.4 is 22.4 Å². The Labute approximate surface area is 162 Å². The smallest absolute Gasteiger partial charge is 0.505 e. The van der Waals surface area contributed by atoms with E-state index in [0.717, 1.165) is 0 Å². The molecule has 144 valence electrons. The molecule has 0 fully saturated rings. The van der Waals surface area contributed by atoms with Gasteiger partial charge in [0.05, 0.1) is 0 Å². The molecular formula is C18H20B2N2O6. The second kappa shape index (κ2) is 8.57. The predicted octanol–water partition coefficient (Wildman–Crippen LogP) is -2.40. The van der Waals surface area contributed by atoms with Crippen LogP contribution in [0, 0.1) is 0 Å². The monoisotopic (exact) mass is 382 g/mol. The van der Waals surface area contributed by atoms with Crippen molar-refractivity contribution < 1.29 is 28.9 Å². The summed E-state index contributed by atoms with van der Waals surface area (Å²) >= 11 is 0. The molecule has 0 aromatic heterocycles. The Bertz CT molecular complexity index is 775. The summed E-state index contributed by atoms with van der Waals surface area (Å²) in [5.74, 6) is -1.48. The van der Waals surface area contributed by atoms with Crippen LogP contribution in [-0.4, -0.2) is 48.3 Å². The van der Waals surface area contributed by atoms with Crippen molar-refractivity contribution in [2.24, 2.45) is 11.5 Å². The number of benzene rings is 2. The van der Waals surface area contributed by atoms with Gasteiger partial charge >= 0.3 is 26.2 Å². The minimum Gasteiger partial charge on any atom is -0.505 e. The first-order valence-electron chi connectivity index (χ1n) is 8.79. The van der Waals surface area contributed by atoms with Crippen molar-refractivity contribution in [2.45, 2.75) is 24.9 Å². The first kappa shape index (κ1) is 20.1. The molecule has 8 nitrogen and oxygen atoms in total. The molecule has 4 aliphatic rings. The van der Waals surface area contributed by atoms with E-state index in [9.17, 15) is 19.6 Å². The fourth-order valence-electron chi connectivity index (χ4n) is 2.84. The van der Waals surface area contributed by atoms with Crippen molar-refractivity contribution in [1.82, 2.24) is 0 Å². The predicted molar refractivity (Wildman–Crippen MR) is 104 cm³/mol. The maximum Gasteiger partial charge on any atom is 0.561 e. The van der Waals surface area contributed by atoms with Crippen LogP contribution in [0.25, 0.3) is 0 Å². The summed E-state index contributed by atoms with van der Waals surface area (Å²) in [6.45, 7) is 0. The Morgan fingerprint density at radius 2 is 1.04 bits per heavy atom. The first-order chi connectivity index (χ1) is 13.3. The van der Waals surface area contributed by atoms with E-state index in [-0.39, 0.29) is 12.8 Å². The van der Waals surface area contributed by atoms with Crippen LogP contribution in [0.2, 0.25) is 0 Å². The van der Waals surface area contributed by atoms with Crippen molar-refractivity contribution in [2.75, 3.05) is 0 Å². The second-order valence-corrected chi connectivity index (χ2v) is 6.68. The van der Waals surface area contributed by atoms with Gasteiger partial charge in [0, 0.05) is 0 Å². The summed E-state index contributed by atoms with van der Waals surface area (Å²) in [6.07, 6.45) is 0.344. The van der Waals surface area contributed by atoms with Crippen molar-refractivity contribution >= 4 is 37.1 Å². The average molecular weight is 382 g/mol. The normalized spacial score (nSPS) is 21.1. The van der Waals surface area contributed by atoms with Gasteiger partial charge in [-0.05, 0) is 34.9 Å². The van der Waals surface area contributed by atoms with Gasteiger partial charge in [0.2, 0.25) is 0 Å². The molecule has 0 unspecified atom stereocenters. The van der Waals surface area contributed by atoms with E-state index in [2.05, 4.69) is 0 Å². The Kier molecular flexibility index (Phi) is 6.15. The molecule has 0 saturated carbocycles. The molecule has 2 aromatic rings. The van der Waals surface area contributed by atoms with E-state index in [1.54, 1.807) is 48.5 Å². The molecule has 4 bridgehead atoms. The molecular weight excluding hydrogens is 362 g/mol. The minimum absolute atomic E-state index is 0.172. The maximum absolute atomic E-state index is 12.1. The molecule has 0 radical (unpaired) electrons. The third-order valence-electron chi connectivity index (χ3n) is 4.50. The SMILES string of the molecule is N[C@@H]1Cc2ccc(cc2)B(O)OC(=O)[C@@H](N)Cc2ccc(cc2)B(O)OC1=O. The van der Waals surface area contributed by atoms with E-state index in [4.69, 9.17) is 20.8 Å². The standard InChI is InChI=1S/C18H20B2N2O6/c21-15-9-11-1-5-13(6-2-11)19(25)27-18(24)16(22)10-12-3-7-14(8-4-12)20(26)28-17(15)23/h1-8,15-16,25-26H,9-10,21-22H2/t15-,16+. The Morgan fingerprint density at radius 1 is 0.714 bits per heavy atom. The molecule has 4 aliphatic heterocycles. The molecule has 4 heterocycles. The highest BCUT2D eigenvalue weighted by atomic mass is 16.6. The highest BCUT2D eigenvalue weighted by Gasteiger charge is 2.28. The summed E-state index contributed by atoms with van der Waals surface area (Å²) < 4.78 is 10.1. The average Bonchev–Trinajstić information content (AvgIpc) is 2.68. The molecule has 0 aliphatic carbocycles. The summed E-state index contributed by atoms with van der Waals surface area (Å²) in [5, 5.41) is 20.2. The minimum atomic E-state index is -1.46. The fourth-order valence-corrected chi connectivity index (χ4v) is 2.84. The third kappa shape index (κ3) is 4.79. The van der Waals surface area contributed by atoms with Crippen LogP contribution in [0.3, 0.4) is 0 Å². The van der Waals surface area contributed by atoms with Gasteiger partial charge in [-0.1, -0.05) is 48.5 Å². The van der Waals surface area contributed by atoms with Crippen molar-refractivity contribution in [1.29, 1.82) is 0 Å². The third-order valence-corrected chi connectivity index (χ3v) is 4.50. The van der Waals surface area contributed by atoms with E-state index < -0.39 is 38.3 Å². The van der Waals surface area contributed by atoms with Crippen LogP contribution >= 0.6 is 0 Å². The topological polar surface area (TPSA) is 145 Å². The lowest BCUT2D eigenvalue weighted by Gasteiger charge is -2.17. The highest BCUT2D eigenvalue weighted by Crippen LogP contribution is 2.07. The lowest BCUT2D eigenvalue weighted by molar-refractivity contribution is -0.137. The lowest BCUT2D eigenvalue weighted by atomic mass is 9.78. The van der Waals surface area contributed by atoms with Crippen LogP contribution in [0.5, 0.6) is 0 Å². The van der Waals surface area contributed by atoms with Crippen molar-refractivity contribution in [3.8, 4) is 0 Å². The molecule has 28 heavy (non-hydrogen) atoms. The Hall–Kier alpha value is -2.65. The second-order valence-electron chi connectivity index (χ2n) is 6.68. The zero-order chi connectivity index (χ0) is 20.3. The molecule has 2 aromatic carbocycles. The highest BCUT2D eigenvalue weighted by molar-refractivity contribution is 6.62. The van der Waals surface area contributed by atoms with E-state index >= 15 is 0 Å². The van der Waals surface area contributed by atoms with E-state index in [1.165, 1.54) is 0 Å². The molecule has 10 heteroatoms. The fraction of sp³-hybridized carbons (Fsp3) is 0.222. The van der Waals surface area contributed by atoms with Crippen LogP contribution in [0.4, 0.5) is 0 Å². The van der Waals surface area contributed by atoms with Crippen LogP contribution in [0.1, 0.15) is 11.1 Å². The van der Waals surface area contributed by atoms with Gasteiger partial charge in [-0.2, -0.15) is 0 Å². The maximum atomic E-state index is 12.1. The molecule has 6 rings (SSSR count). The van der Waals surface area contributed by atoms with Gasteiger partial charge in [-0.3, -0.25) is 9.59 Å². The van der Waals surface area contributed by atoms with Crippen LogP contribution in [0.15, 0.2) is 48.5 Å². The zero-order valence-corrected chi connectivity index (χ0v) is 15.0. The zero-order valence-electron chi connectivity index (χ0n) is 15.0. The number of hydrogen-bond donors (Lipinski definition) is 4. The number of carbonyl (C=O) groups is 2. The molecule has 0 amide bonds. The van der Waals surface area contributed by atoms with Crippen molar-refractivity contribution in [3.63, 3.8) is 0 Å². The first-order valence-corrected chi connectivity index (χ1v) is 8.79. The summed E-state index contributed by atoms with van der Waals surface area (Å²) in [7, 11) is -2.91. The number of hydrogen-bond acceptors (Lipinski definition) is 8. The molecule has 6 N–H and O–H groups in total. The number of rotatable bonds is 0. The van der Waals surface area contributed by atoms with Gasteiger partial charge < -0.3 is 30.8 Å². The Balaban J connectivity index is 1.88. The van der Waals surface area contributed by atoms with Gasteiger partial charge in [0.15, 0.2) is 0 Å². The molecule has 2 atom stereocenters.